The van der Waals surface area contributed by atoms with E-state index in [-0.39, 0.29) is 10.8 Å². The molecule has 0 bridgehead atoms. The molecule has 1 heterocycles. The van der Waals surface area contributed by atoms with Gasteiger partial charge in [0, 0.05) is 21.8 Å². The van der Waals surface area contributed by atoms with E-state index in [9.17, 15) is 4.79 Å². The highest BCUT2D eigenvalue weighted by Gasteiger charge is 2.15. The molecule has 2 aromatic carbocycles. The first-order valence-electron chi connectivity index (χ1n) is 6.52. The van der Waals surface area contributed by atoms with E-state index in [1.807, 2.05) is 36.4 Å². The van der Waals surface area contributed by atoms with Gasteiger partial charge in [0.15, 0.2) is 5.43 Å². The summed E-state index contributed by atoms with van der Waals surface area (Å²) in [5, 5.41) is 1.52. The van der Waals surface area contributed by atoms with Gasteiger partial charge in [0.1, 0.15) is 0 Å². The standard InChI is InChI=1S/C17H17NO/c1-17(2,3)11-8-9-15-13(10-11)16(19)12-6-4-5-7-14(12)18-15/h4-10H,1-3H3,(H,18,19). The molecule has 0 atom stereocenters. The van der Waals surface area contributed by atoms with Gasteiger partial charge >= 0.3 is 0 Å². The van der Waals surface area contributed by atoms with Crippen LogP contribution in [0.2, 0.25) is 0 Å². The lowest BCUT2D eigenvalue weighted by molar-refractivity contribution is 0.591. The Morgan fingerprint density at radius 1 is 0.895 bits per heavy atom. The summed E-state index contributed by atoms with van der Waals surface area (Å²) in [5.74, 6) is 0. The number of para-hydroxylation sites is 1. The van der Waals surface area contributed by atoms with Gasteiger partial charge in [-0.05, 0) is 35.2 Å². The molecule has 2 nitrogen and oxygen atoms in total. The van der Waals surface area contributed by atoms with Crippen LogP contribution in [-0.2, 0) is 5.41 Å². The van der Waals surface area contributed by atoms with Gasteiger partial charge in [0.05, 0.1) is 0 Å². The monoisotopic (exact) mass is 251 g/mol. The minimum Gasteiger partial charge on any atom is -0.354 e. The number of pyridine rings is 1. The number of fused-ring (bicyclic) bond motifs is 2. The summed E-state index contributed by atoms with van der Waals surface area (Å²) in [5.41, 5.74) is 3.13. The SMILES string of the molecule is CC(C)(C)c1ccc2[nH]c3ccccc3c(=O)c2c1. The second kappa shape index (κ2) is 3.95. The number of benzene rings is 2. The number of aromatic nitrogens is 1. The Labute approximate surface area is 112 Å². The predicted octanol–water partition coefficient (Wildman–Crippen LogP) is 3.98. The van der Waals surface area contributed by atoms with E-state index in [0.717, 1.165) is 21.8 Å². The summed E-state index contributed by atoms with van der Waals surface area (Å²) in [4.78, 5) is 15.9. The third-order valence-electron chi connectivity index (χ3n) is 3.57. The van der Waals surface area contributed by atoms with Crippen LogP contribution in [0, 0.1) is 0 Å². The summed E-state index contributed by atoms with van der Waals surface area (Å²) >= 11 is 0. The highest BCUT2D eigenvalue weighted by atomic mass is 16.1. The Bertz CT molecular complexity index is 822. The normalized spacial score (nSPS) is 12.2. The fourth-order valence-corrected chi connectivity index (χ4v) is 2.39. The molecule has 0 unspecified atom stereocenters. The summed E-state index contributed by atoms with van der Waals surface area (Å²) in [6, 6.07) is 13.8. The van der Waals surface area contributed by atoms with Crippen LogP contribution >= 0.6 is 0 Å². The van der Waals surface area contributed by atoms with Crippen molar-refractivity contribution in [2.45, 2.75) is 26.2 Å². The Hall–Kier alpha value is -2.09. The molecule has 3 rings (SSSR count). The van der Waals surface area contributed by atoms with Crippen LogP contribution in [0.5, 0.6) is 0 Å². The molecule has 19 heavy (non-hydrogen) atoms. The van der Waals surface area contributed by atoms with E-state index in [1.54, 1.807) is 0 Å². The van der Waals surface area contributed by atoms with Crippen molar-refractivity contribution in [2.24, 2.45) is 0 Å². The molecule has 0 fully saturated rings. The minimum absolute atomic E-state index is 0.0479. The first kappa shape index (κ1) is 12.0. The second-order valence-electron chi connectivity index (χ2n) is 6.01. The first-order chi connectivity index (χ1) is 8.97. The van der Waals surface area contributed by atoms with Crippen LogP contribution in [0.3, 0.4) is 0 Å². The van der Waals surface area contributed by atoms with E-state index >= 15 is 0 Å². The number of hydrogen-bond donors (Lipinski definition) is 1. The molecule has 1 N–H and O–H groups in total. The second-order valence-corrected chi connectivity index (χ2v) is 6.01. The summed E-state index contributed by atoms with van der Waals surface area (Å²) < 4.78 is 0. The molecular formula is C17H17NO. The van der Waals surface area contributed by atoms with Crippen molar-refractivity contribution in [1.29, 1.82) is 0 Å². The first-order valence-corrected chi connectivity index (χ1v) is 6.52. The minimum atomic E-state index is 0.0479. The van der Waals surface area contributed by atoms with Crippen molar-refractivity contribution in [1.82, 2.24) is 4.98 Å². The van der Waals surface area contributed by atoms with Gasteiger partial charge < -0.3 is 4.98 Å². The summed E-state index contributed by atoms with van der Waals surface area (Å²) in [6.45, 7) is 6.47. The Morgan fingerprint density at radius 3 is 2.32 bits per heavy atom. The molecule has 3 aromatic rings. The van der Waals surface area contributed by atoms with E-state index in [1.165, 1.54) is 5.56 Å². The third-order valence-corrected chi connectivity index (χ3v) is 3.57. The lowest BCUT2D eigenvalue weighted by Gasteiger charge is -2.19. The number of hydrogen-bond acceptors (Lipinski definition) is 1. The zero-order valence-electron chi connectivity index (χ0n) is 11.4. The zero-order chi connectivity index (χ0) is 13.6. The number of nitrogens with one attached hydrogen (secondary N) is 1. The fourth-order valence-electron chi connectivity index (χ4n) is 2.39. The predicted molar refractivity (Wildman–Crippen MR) is 80.8 cm³/mol. The van der Waals surface area contributed by atoms with Crippen LogP contribution in [-0.4, -0.2) is 4.98 Å². The molecule has 0 aliphatic rings. The molecule has 96 valence electrons. The van der Waals surface area contributed by atoms with E-state index < -0.39 is 0 Å². The van der Waals surface area contributed by atoms with Crippen LogP contribution < -0.4 is 5.43 Å². The van der Waals surface area contributed by atoms with Gasteiger partial charge in [-0.15, -0.1) is 0 Å². The van der Waals surface area contributed by atoms with Gasteiger partial charge in [-0.3, -0.25) is 4.79 Å². The molecule has 0 aliphatic heterocycles. The van der Waals surface area contributed by atoms with Gasteiger partial charge in [0.2, 0.25) is 0 Å². The van der Waals surface area contributed by atoms with Crippen LogP contribution in [0.1, 0.15) is 26.3 Å². The van der Waals surface area contributed by atoms with Crippen molar-refractivity contribution < 1.29 is 0 Å². The van der Waals surface area contributed by atoms with Crippen molar-refractivity contribution in [3.8, 4) is 0 Å². The van der Waals surface area contributed by atoms with Crippen LogP contribution in [0.25, 0.3) is 21.8 Å². The van der Waals surface area contributed by atoms with E-state index in [0.29, 0.717) is 0 Å². The lowest BCUT2D eigenvalue weighted by atomic mass is 9.86. The fraction of sp³-hybridized carbons (Fsp3) is 0.235. The maximum Gasteiger partial charge on any atom is 0.197 e. The largest absolute Gasteiger partial charge is 0.354 e. The van der Waals surface area contributed by atoms with Gasteiger partial charge in [-0.25, -0.2) is 0 Å². The number of aromatic amines is 1. The molecule has 0 saturated heterocycles. The average Bonchev–Trinajstić information content (AvgIpc) is 2.37. The topological polar surface area (TPSA) is 32.9 Å². The van der Waals surface area contributed by atoms with Gasteiger partial charge in [-0.1, -0.05) is 39.0 Å². The highest BCUT2D eigenvalue weighted by Crippen LogP contribution is 2.25. The van der Waals surface area contributed by atoms with Crippen LogP contribution in [0.4, 0.5) is 0 Å². The smallest absolute Gasteiger partial charge is 0.197 e. The molecule has 0 amide bonds. The van der Waals surface area contributed by atoms with Crippen LogP contribution in [0.15, 0.2) is 47.3 Å². The van der Waals surface area contributed by atoms with Crippen molar-refractivity contribution >= 4 is 21.8 Å². The van der Waals surface area contributed by atoms with Crippen molar-refractivity contribution in [2.75, 3.05) is 0 Å². The Balaban J connectivity index is 2.43. The maximum absolute atomic E-state index is 12.5. The molecule has 0 saturated carbocycles. The maximum atomic E-state index is 12.5. The van der Waals surface area contributed by atoms with Gasteiger partial charge in [-0.2, -0.15) is 0 Å². The Morgan fingerprint density at radius 2 is 1.58 bits per heavy atom. The van der Waals surface area contributed by atoms with E-state index in [2.05, 4.69) is 31.8 Å². The highest BCUT2D eigenvalue weighted by molar-refractivity contribution is 5.92. The molecule has 0 spiro atoms. The number of rotatable bonds is 0. The average molecular weight is 251 g/mol. The Kier molecular flexibility index (Phi) is 2.49. The van der Waals surface area contributed by atoms with Crippen molar-refractivity contribution in [3.63, 3.8) is 0 Å². The summed E-state index contributed by atoms with van der Waals surface area (Å²) in [7, 11) is 0. The third kappa shape index (κ3) is 1.93. The quantitative estimate of drug-likeness (QED) is 0.602. The molecule has 2 heteroatoms. The van der Waals surface area contributed by atoms with E-state index in [4.69, 9.17) is 0 Å². The van der Waals surface area contributed by atoms with Gasteiger partial charge in [0.25, 0.3) is 0 Å². The van der Waals surface area contributed by atoms with Crippen molar-refractivity contribution in [3.05, 3.63) is 58.3 Å². The number of H-pyrrole nitrogens is 1. The summed E-state index contributed by atoms with van der Waals surface area (Å²) in [6.07, 6.45) is 0. The molecule has 0 radical (unpaired) electrons. The molecular weight excluding hydrogens is 234 g/mol. The zero-order valence-corrected chi connectivity index (χ0v) is 11.4. The lowest BCUT2D eigenvalue weighted by Crippen LogP contribution is -2.12. The molecule has 1 aromatic heterocycles. The molecule has 0 aliphatic carbocycles.